The fourth-order valence-electron chi connectivity index (χ4n) is 1.05. The summed E-state index contributed by atoms with van der Waals surface area (Å²) < 4.78 is 2.04. The number of aliphatic hydroxyl groups is 1. The summed E-state index contributed by atoms with van der Waals surface area (Å²) in [6.07, 6.45) is 7.66. The molecular formula is C10H15NO. The molecule has 12 heavy (non-hydrogen) atoms. The molecule has 0 aliphatic rings. The average molecular weight is 165 g/mol. The van der Waals surface area contributed by atoms with E-state index >= 15 is 0 Å². The van der Waals surface area contributed by atoms with Crippen molar-refractivity contribution in [2.24, 2.45) is 0 Å². The molecule has 1 N–H and O–H groups in total. The lowest BCUT2D eigenvalue weighted by Crippen LogP contribution is -1.91. The SMILES string of the molecule is C/C=C/Cn1ccc(C(C)O)c1. The monoisotopic (exact) mass is 165 g/mol. The predicted molar refractivity (Wildman–Crippen MR) is 49.9 cm³/mol. The number of allylic oxidation sites excluding steroid dienone is 2. The Morgan fingerprint density at radius 2 is 2.42 bits per heavy atom. The molecule has 0 radical (unpaired) electrons. The van der Waals surface area contributed by atoms with E-state index in [9.17, 15) is 5.11 Å². The molecule has 1 rings (SSSR count). The van der Waals surface area contributed by atoms with E-state index < -0.39 is 0 Å². The molecule has 2 heteroatoms. The van der Waals surface area contributed by atoms with Crippen LogP contribution in [-0.4, -0.2) is 9.67 Å². The molecule has 0 aromatic carbocycles. The van der Waals surface area contributed by atoms with Crippen molar-refractivity contribution >= 4 is 0 Å². The number of hydrogen-bond acceptors (Lipinski definition) is 1. The highest BCUT2D eigenvalue weighted by Crippen LogP contribution is 2.11. The van der Waals surface area contributed by atoms with Gasteiger partial charge in [-0.25, -0.2) is 0 Å². The molecule has 0 saturated heterocycles. The second-order valence-electron chi connectivity index (χ2n) is 2.89. The van der Waals surface area contributed by atoms with Crippen molar-refractivity contribution < 1.29 is 5.11 Å². The summed E-state index contributed by atoms with van der Waals surface area (Å²) in [5.41, 5.74) is 0.972. The van der Waals surface area contributed by atoms with Crippen LogP contribution in [0.2, 0.25) is 0 Å². The van der Waals surface area contributed by atoms with Crippen molar-refractivity contribution in [1.29, 1.82) is 0 Å². The van der Waals surface area contributed by atoms with Gasteiger partial charge in [0.15, 0.2) is 0 Å². The van der Waals surface area contributed by atoms with Gasteiger partial charge < -0.3 is 9.67 Å². The normalized spacial score (nSPS) is 13.9. The van der Waals surface area contributed by atoms with E-state index in [1.54, 1.807) is 6.92 Å². The van der Waals surface area contributed by atoms with Gasteiger partial charge in [0.1, 0.15) is 0 Å². The summed E-state index contributed by atoms with van der Waals surface area (Å²) in [4.78, 5) is 0. The Bertz CT molecular complexity index is 261. The number of rotatable bonds is 3. The van der Waals surface area contributed by atoms with Crippen LogP contribution in [0.5, 0.6) is 0 Å². The van der Waals surface area contributed by atoms with Crippen molar-refractivity contribution in [2.45, 2.75) is 26.5 Å². The largest absolute Gasteiger partial charge is 0.389 e. The van der Waals surface area contributed by atoms with Crippen LogP contribution in [-0.2, 0) is 6.54 Å². The maximum atomic E-state index is 9.23. The Labute approximate surface area is 73.1 Å². The maximum Gasteiger partial charge on any atom is 0.0776 e. The molecule has 0 aliphatic carbocycles. The summed E-state index contributed by atoms with van der Waals surface area (Å²) in [6.45, 7) is 4.65. The van der Waals surface area contributed by atoms with Crippen LogP contribution in [0.15, 0.2) is 30.6 Å². The zero-order valence-corrected chi connectivity index (χ0v) is 7.57. The quantitative estimate of drug-likeness (QED) is 0.682. The van der Waals surface area contributed by atoms with Crippen LogP contribution in [0.4, 0.5) is 0 Å². The molecule has 0 saturated carbocycles. The number of aromatic nitrogens is 1. The number of nitrogens with zero attached hydrogens (tertiary/aromatic N) is 1. The first kappa shape index (κ1) is 9.07. The lowest BCUT2D eigenvalue weighted by molar-refractivity contribution is 0.199. The van der Waals surface area contributed by atoms with Crippen LogP contribution in [0, 0.1) is 0 Å². The minimum Gasteiger partial charge on any atom is -0.389 e. The molecule has 1 aromatic rings. The van der Waals surface area contributed by atoms with Gasteiger partial charge in [-0.15, -0.1) is 0 Å². The smallest absolute Gasteiger partial charge is 0.0776 e. The van der Waals surface area contributed by atoms with Crippen LogP contribution < -0.4 is 0 Å². The standard InChI is InChI=1S/C10H15NO/c1-3-4-6-11-7-5-10(8-11)9(2)12/h3-5,7-9,12H,6H2,1-2H3/b4-3+. The van der Waals surface area contributed by atoms with E-state index in [2.05, 4.69) is 6.08 Å². The lowest BCUT2D eigenvalue weighted by atomic mass is 10.2. The third-order valence-corrected chi connectivity index (χ3v) is 1.81. The molecule has 1 atom stereocenters. The fourth-order valence-corrected chi connectivity index (χ4v) is 1.05. The van der Waals surface area contributed by atoms with Crippen LogP contribution in [0.3, 0.4) is 0 Å². The zero-order valence-electron chi connectivity index (χ0n) is 7.57. The Kier molecular flexibility index (Phi) is 3.11. The molecule has 0 bridgehead atoms. The Morgan fingerprint density at radius 1 is 1.67 bits per heavy atom. The van der Waals surface area contributed by atoms with Gasteiger partial charge in [0, 0.05) is 18.9 Å². The highest BCUT2D eigenvalue weighted by Gasteiger charge is 2.00. The third kappa shape index (κ3) is 2.24. The second-order valence-corrected chi connectivity index (χ2v) is 2.89. The van der Waals surface area contributed by atoms with Crippen molar-refractivity contribution in [3.63, 3.8) is 0 Å². The lowest BCUT2D eigenvalue weighted by Gasteiger charge is -1.98. The van der Waals surface area contributed by atoms with Crippen molar-refractivity contribution in [2.75, 3.05) is 0 Å². The van der Waals surface area contributed by atoms with E-state index in [0.717, 1.165) is 12.1 Å². The third-order valence-electron chi connectivity index (χ3n) is 1.81. The van der Waals surface area contributed by atoms with Crippen LogP contribution in [0.1, 0.15) is 25.5 Å². The van der Waals surface area contributed by atoms with Crippen molar-refractivity contribution in [1.82, 2.24) is 4.57 Å². The van der Waals surface area contributed by atoms with E-state index in [1.807, 2.05) is 36.0 Å². The van der Waals surface area contributed by atoms with E-state index in [1.165, 1.54) is 0 Å². The highest BCUT2D eigenvalue weighted by atomic mass is 16.3. The number of aliphatic hydroxyl groups excluding tert-OH is 1. The molecule has 66 valence electrons. The first-order valence-corrected chi connectivity index (χ1v) is 4.19. The molecule has 0 aliphatic heterocycles. The summed E-state index contributed by atoms with van der Waals surface area (Å²) in [6, 6.07) is 1.94. The van der Waals surface area contributed by atoms with Gasteiger partial charge in [-0.3, -0.25) is 0 Å². The first-order chi connectivity index (χ1) is 5.74. The molecule has 1 aromatic heterocycles. The van der Waals surface area contributed by atoms with Gasteiger partial charge in [0.25, 0.3) is 0 Å². The molecular weight excluding hydrogens is 150 g/mol. The Hall–Kier alpha value is -1.02. The van der Waals surface area contributed by atoms with Gasteiger partial charge in [0.2, 0.25) is 0 Å². The fraction of sp³-hybridized carbons (Fsp3) is 0.400. The molecule has 0 fully saturated rings. The highest BCUT2D eigenvalue weighted by molar-refractivity contribution is 5.13. The summed E-state index contributed by atoms with van der Waals surface area (Å²) in [5, 5.41) is 9.23. The molecule has 2 nitrogen and oxygen atoms in total. The van der Waals surface area contributed by atoms with Gasteiger partial charge in [-0.2, -0.15) is 0 Å². The van der Waals surface area contributed by atoms with Crippen LogP contribution in [0.25, 0.3) is 0 Å². The average Bonchev–Trinajstić information content (AvgIpc) is 2.48. The summed E-state index contributed by atoms with van der Waals surface area (Å²) in [7, 11) is 0. The van der Waals surface area contributed by atoms with E-state index in [4.69, 9.17) is 0 Å². The van der Waals surface area contributed by atoms with Crippen molar-refractivity contribution in [3.05, 3.63) is 36.2 Å². The number of hydrogen-bond donors (Lipinski definition) is 1. The van der Waals surface area contributed by atoms with Gasteiger partial charge in [-0.05, 0) is 25.5 Å². The van der Waals surface area contributed by atoms with Gasteiger partial charge >= 0.3 is 0 Å². The van der Waals surface area contributed by atoms with Crippen molar-refractivity contribution in [3.8, 4) is 0 Å². The van der Waals surface area contributed by atoms with Gasteiger partial charge in [-0.1, -0.05) is 12.2 Å². The summed E-state index contributed by atoms with van der Waals surface area (Å²) >= 11 is 0. The minimum atomic E-state index is -0.364. The Balaban J connectivity index is 2.64. The molecule has 1 heterocycles. The minimum absolute atomic E-state index is 0.364. The topological polar surface area (TPSA) is 25.2 Å². The van der Waals surface area contributed by atoms with Crippen LogP contribution >= 0.6 is 0 Å². The predicted octanol–water partition coefficient (Wildman–Crippen LogP) is 2.12. The van der Waals surface area contributed by atoms with Gasteiger partial charge in [0.05, 0.1) is 6.10 Å². The maximum absolute atomic E-state index is 9.23. The van der Waals surface area contributed by atoms with E-state index in [-0.39, 0.29) is 6.10 Å². The Morgan fingerprint density at radius 3 is 2.92 bits per heavy atom. The first-order valence-electron chi connectivity index (χ1n) is 4.19. The molecule has 0 amide bonds. The molecule has 1 unspecified atom stereocenters. The molecule has 0 spiro atoms. The van der Waals surface area contributed by atoms with E-state index in [0.29, 0.717) is 0 Å². The summed E-state index contributed by atoms with van der Waals surface area (Å²) in [5.74, 6) is 0. The zero-order chi connectivity index (χ0) is 8.97. The second kappa shape index (κ2) is 4.12.